The number of carbonyl (C=O) groups is 1. The average molecular weight is 325 g/mol. The zero-order valence-corrected chi connectivity index (χ0v) is 13.6. The van der Waals surface area contributed by atoms with Gasteiger partial charge in [0.15, 0.2) is 0 Å². The summed E-state index contributed by atoms with van der Waals surface area (Å²) in [6, 6.07) is 7.68. The van der Waals surface area contributed by atoms with Crippen molar-refractivity contribution in [2.45, 2.75) is 25.8 Å². The number of H-pyrrole nitrogens is 1. The summed E-state index contributed by atoms with van der Waals surface area (Å²) in [5, 5.41) is 21.0. The molecule has 1 atom stereocenters. The van der Waals surface area contributed by atoms with Gasteiger partial charge in [0.05, 0.1) is 12.2 Å². The molecule has 0 bridgehead atoms. The van der Waals surface area contributed by atoms with Crippen LogP contribution < -0.4 is 5.32 Å². The lowest BCUT2D eigenvalue weighted by molar-refractivity contribution is -0.121. The number of hydrogen-bond donors (Lipinski definition) is 2. The number of rotatable bonds is 6. The average Bonchev–Trinajstić information content (AvgIpc) is 3.25. The van der Waals surface area contributed by atoms with E-state index in [4.69, 9.17) is 0 Å². The van der Waals surface area contributed by atoms with Gasteiger partial charge in [0.25, 0.3) is 0 Å². The summed E-state index contributed by atoms with van der Waals surface area (Å²) in [5.41, 5.74) is 2.96. The molecule has 3 rings (SSSR count). The first kappa shape index (κ1) is 15.9. The van der Waals surface area contributed by atoms with Gasteiger partial charge in [0, 0.05) is 25.2 Å². The van der Waals surface area contributed by atoms with Crippen LogP contribution in [-0.2, 0) is 18.3 Å². The van der Waals surface area contributed by atoms with Gasteiger partial charge in [-0.05, 0) is 29.7 Å². The summed E-state index contributed by atoms with van der Waals surface area (Å²) in [6.07, 6.45) is 4.83. The molecule has 0 aliphatic rings. The molecule has 0 spiro atoms. The first-order chi connectivity index (χ1) is 11.6. The lowest BCUT2D eigenvalue weighted by Gasteiger charge is -2.14. The molecule has 0 saturated carbocycles. The van der Waals surface area contributed by atoms with E-state index in [1.54, 1.807) is 10.9 Å². The summed E-state index contributed by atoms with van der Waals surface area (Å²) in [7, 11) is 1.86. The van der Waals surface area contributed by atoms with Crippen LogP contribution in [0.2, 0.25) is 0 Å². The van der Waals surface area contributed by atoms with Crippen molar-refractivity contribution in [3.8, 4) is 11.4 Å². The molecule has 1 aromatic carbocycles. The monoisotopic (exact) mass is 325 g/mol. The first-order valence-electron chi connectivity index (χ1n) is 7.72. The van der Waals surface area contributed by atoms with Crippen LogP contribution in [0.4, 0.5) is 0 Å². The number of hydrogen-bond acceptors (Lipinski definition) is 5. The molecule has 2 N–H and O–H groups in total. The van der Waals surface area contributed by atoms with Crippen molar-refractivity contribution in [2.24, 2.45) is 7.05 Å². The smallest absolute Gasteiger partial charge is 0.220 e. The van der Waals surface area contributed by atoms with Crippen molar-refractivity contribution < 1.29 is 4.79 Å². The van der Waals surface area contributed by atoms with Crippen LogP contribution >= 0.6 is 0 Å². The van der Waals surface area contributed by atoms with Gasteiger partial charge in [-0.15, -0.1) is 10.2 Å². The van der Waals surface area contributed by atoms with E-state index in [9.17, 15) is 4.79 Å². The van der Waals surface area contributed by atoms with Crippen LogP contribution in [0.1, 0.15) is 30.5 Å². The third-order valence-electron chi connectivity index (χ3n) is 3.79. The Balaban J connectivity index is 1.54. The Morgan fingerprint density at radius 3 is 2.75 bits per heavy atom. The Kier molecular flexibility index (Phi) is 4.64. The molecule has 2 heterocycles. The normalized spacial score (nSPS) is 12.1. The van der Waals surface area contributed by atoms with E-state index in [0.717, 1.165) is 16.7 Å². The third-order valence-corrected chi connectivity index (χ3v) is 3.79. The van der Waals surface area contributed by atoms with Crippen LogP contribution in [0, 0.1) is 0 Å². The lowest BCUT2D eigenvalue weighted by Crippen LogP contribution is -2.26. The minimum atomic E-state index is -0.0642. The van der Waals surface area contributed by atoms with Gasteiger partial charge >= 0.3 is 0 Å². The van der Waals surface area contributed by atoms with Crippen LogP contribution in [0.15, 0.2) is 36.7 Å². The number of tetrazole rings is 1. The molecule has 0 unspecified atom stereocenters. The number of nitrogens with zero attached hydrogens (tertiary/aromatic N) is 5. The van der Waals surface area contributed by atoms with Crippen LogP contribution in [-0.4, -0.2) is 36.3 Å². The fourth-order valence-corrected chi connectivity index (χ4v) is 2.46. The highest BCUT2D eigenvalue weighted by Gasteiger charge is 2.11. The summed E-state index contributed by atoms with van der Waals surface area (Å²) < 4.78 is 1.74. The number of aromatic nitrogens is 6. The van der Waals surface area contributed by atoms with Crippen molar-refractivity contribution in [1.29, 1.82) is 0 Å². The quantitative estimate of drug-likeness (QED) is 0.713. The standard InChI is InChI=1S/C16H19N7O/c1-11(18-15(24)8-3-12-9-17-23(2)10-12)13-4-6-14(7-5-13)16-19-21-22-20-16/h4-7,9-11H,3,8H2,1-2H3,(H,18,24)(H,19,20,21,22)/t11-/m0/s1. The van der Waals surface area contributed by atoms with Gasteiger partial charge in [-0.1, -0.05) is 24.3 Å². The topological polar surface area (TPSA) is 101 Å². The molecule has 8 nitrogen and oxygen atoms in total. The molecule has 1 amide bonds. The number of aryl methyl sites for hydroxylation is 2. The number of amides is 1. The highest BCUT2D eigenvalue weighted by Crippen LogP contribution is 2.18. The Labute approximate surface area is 139 Å². The maximum Gasteiger partial charge on any atom is 0.220 e. The Bertz CT molecular complexity index is 792. The molecule has 0 saturated heterocycles. The van der Waals surface area contributed by atoms with Crippen LogP contribution in [0.5, 0.6) is 0 Å². The molecule has 0 fully saturated rings. The van der Waals surface area contributed by atoms with Gasteiger partial charge in [-0.25, -0.2) is 0 Å². The van der Waals surface area contributed by atoms with Gasteiger partial charge in [-0.3, -0.25) is 9.48 Å². The molecule has 0 aliphatic carbocycles. The van der Waals surface area contributed by atoms with E-state index in [0.29, 0.717) is 18.7 Å². The zero-order chi connectivity index (χ0) is 16.9. The van der Waals surface area contributed by atoms with Gasteiger partial charge < -0.3 is 5.32 Å². The molecule has 3 aromatic rings. The summed E-state index contributed by atoms with van der Waals surface area (Å²) in [5.74, 6) is 0.573. The maximum absolute atomic E-state index is 12.1. The minimum absolute atomic E-state index is 0.0218. The van der Waals surface area contributed by atoms with E-state index >= 15 is 0 Å². The molecule has 24 heavy (non-hydrogen) atoms. The minimum Gasteiger partial charge on any atom is -0.350 e. The predicted molar refractivity (Wildman–Crippen MR) is 87.7 cm³/mol. The second-order valence-corrected chi connectivity index (χ2v) is 5.67. The van der Waals surface area contributed by atoms with Gasteiger partial charge in [0.2, 0.25) is 11.7 Å². The first-order valence-corrected chi connectivity index (χ1v) is 7.72. The Morgan fingerprint density at radius 2 is 2.12 bits per heavy atom. The highest BCUT2D eigenvalue weighted by molar-refractivity contribution is 5.76. The number of aromatic amines is 1. The molecule has 124 valence electrons. The third kappa shape index (κ3) is 3.83. The lowest BCUT2D eigenvalue weighted by atomic mass is 10.1. The maximum atomic E-state index is 12.1. The Morgan fingerprint density at radius 1 is 1.33 bits per heavy atom. The van der Waals surface area contributed by atoms with Crippen LogP contribution in [0.3, 0.4) is 0 Å². The van der Waals surface area contributed by atoms with Gasteiger partial charge in [-0.2, -0.15) is 10.3 Å². The SMILES string of the molecule is C[C@H](NC(=O)CCc1cnn(C)c1)c1ccc(-c2nn[nH]n2)cc1. The van der Waals surface area contributed by atoms with Gasteiger partial charge in [0.1, 0.15) is 0 Å². The van der Waals surface area contributed by atoms with E-state index in [1.807, 2.05) is 44.4 Å². The van der Waals surface area contributed by atoms with Crippen molar-refractivity contribution >= 4 is 5.91 Å². The molecule has 8 heteroatoms. The van der Waals surface area contributed by atoms with Crippen molar-refractivity contribution in [2.75, 3.05) is 0 Å². The predicted octanol–water partition coefficient (Wildman–Crippen LogP) is 1.41. The summed E-state index contributed by atoms with van der Waals surface area (Å²) >= 11 is 0. The largest absolute Gasteiger partial charge is 0.350 e. The second kappa shape index (κ2) is 7.03. The molecule has 0 radical (unpaired) electrons. The van der Waals surface area contributed by atoms with Crippen molar-refractivity contribution in [3.05, 3.63) is 47.8 Å². The fraction of sp³-hybridized carbons (Fsp3) is 0.312. The zero-order valence-electron chi connectivity index (χ0n) is 13.6. The highest BCUT2D eigenvalue weighted by atomic mass is 16.1. The molecule has 0 aliphatic heterocycles. The summed E-state index contributed by atoms with van der Waals surface area (Å²) in [6.45, 7) is 1.96. The molecular formula is C16H19N7O. The molecule has 2 aromatic heterocycles. The fourth-order valence-electron chi connectivity index (χ4n) is 2.46. The van der Waals surface area contributed by atoms with E-state index in [1.165, 1.54) is 0 Å². The van der Waals surface area contributed by atoms with E-state index < -0.39 is 0 Å². The molecular weight excluding hydrogens is 306 g/mol. The van der Waals surface area contributed by atoms with E-state index in [-0.39, 0.29) is 11.9 Å². The second-order valence-electron chi connectivity index (χ2n) is 5.67. The number of benzene rings is 1. The number of carbonyl (C=O) groups excluding carboxylic acids is 1. The van der Waals surface area contributed by atoms with Crippen LogP contribution in [0.25, 0.3) is 11.4 Å². The van der Waals surface area contributed by atoms with Crippen molar-refractivity contribution in [1.82, 2.24) is 35.7 Å². The van der Waals surface area contributed by atoms with Crippen molar-refractivity contribution in [3.63, 3.8) is 0 Å². The van der Waals surface area contributed by atoms with E-state index in [2.05, 4.69) is 31.0 Å². The summed E-state index contributed by atoms with van der Waals surface area (Å²) in [4.78, 5) is 12.1. The Hall–Kier alpha value is -3.03. The number of nitrogens with one attached hydrogen (secondary N) is 2.